The zero-order valence-electron chi connectivity index (χ0n) is 15.4. The number of rotatable bonds is 7. The van der Waals surface area contributed by atoms with Crippen LogP contribution in [0, 0.1) is 0 Å². The van der Waals surface area contributed by atoms with Gasteiger partial charge in [-0.2, -0.15) is 5.10 Å². The molecule has 0 aliphatic carbocycles. The van der Waals surface area contributed by atoms with Crippen LogP contribution in [0.2, 0.25) is 0 Å². The predicted octanol–water partition coefficient (Wildman–Crippen LogP) is 2.35. The van der Waals surface area contributed by atoms with E-state index >= 15 is 0 Å². The van der Waals surface area contributed by atoms with Gasteiger partial charge in [0.25, 0.3) is 5.91 Å². The molecule has 1 N–H and O–H groups in total. The molecule has 0 aliphatic heterocycles. The third kappa shape index (κ3) is 3.49. The topological polar surface area (TPSA) is 86.3 Å². The summed E-state index contributed by atoms with van der Waals surface area (Å²) < 4.78 is 8.65. The van der Waals surface area contributed by atoms with Crippen molar-refractivity contribution in [1.29, 1.82) is 0 Å². The monoisotopic (exact) mass is 376 g/mol. The standard InChI is InChI=1S/C20H20N6O2/c1-28-10-2-8-23-20(27)18-7-9-24-26(18)19-6-5-17-4-3-15(13-25(17)19)16-11-21-14-22-12-16/h3-7,9,11-14H,2,8,10H2,1H3,(H,23,27). The fraction of sp³-hybridized carbons (Fsp3) is 0.200. The maximum atomic E-state index is 12.6. The van der Waals surface area contributed by atoms with Crippen molar-refractivity contribution in [3.63, 3.8) is 0 Å². The third-order valence-corrected chi connectivity index (χ3v) is 4.43. The Morgan fingerprint density at radius 2 is 1.93 bits per heavy atom. The highest BCUT2D eigenvalue weighted by atomic mass is 16.5. The first-order chi connectivity index (χ1) is 13.8. The number of carbonyl (C=O) groups is 1. The molecule has 0 radical (unpaired) electrons. The molecule has 0 atom stereocenters. The van der Waals surface area contributed by atoms with Crippen molar-refractivity contribution < 1.29 is 9.53 Å². The van der Waals surface area contributed by atoms with Gasteiger partial charge in [-0.05, 0) is 30.7 Å². The smallest absolute Gasteiger partial charge is 0.270 e. The lowest BCUT2D eigenvalue weighted by molar-refractivity contribution is 0.0940. The van der Waals surface area contributed by atoms with Gasteiger partial charge in [0, 0.05) is 55.5 Å². The molecule has 28 heavy (non-hydrogen) atoms. The second kappa shape index (κ2) is 8.01. The molecule has 0 unspecified atom stereocenters. The molecule has 0 aliphatic rings. The van der Waals surface area contributed by atoms with Crippen LogP contribution in [-0.2, 0) is 4.74 Å². The Balaban J connectivity index is 1.67. The lowest BCUT2D eigenvalue weighted by Crippen LogP contribution is -2.27. The molecular formula is C20H20N6O2. The van der Waals surface area contributed by atoms with Crippen LogP contribution in [0.15, 0.2) is 61.4 Å². The second-order valence-electron chi connectivity index (χ2n) is 6.26. The summed E-state index contributed by atoms with van der Waals surface area (Å²) in [6.45, 7) is 1.15. The lowest BCUT2D eigenvalue weighted by atomic mass is 10.1. The molecule has 142 valence electrons. The first kappa shape index (κ1) is 17.9. The van der Waals surface area contributed by atoms with Crippen molar-refractivity contribution in [2.75, 3.05) is 20.3 Å². The molecule has 4 heterocycles. The molecule has 4 rings (SSSR count). The van der Waals surface area contributed by atoms with Crippen LogP contribution in [-0.4, -0.2) is 50.3 Å². The summed E-state index contributed by atoms with van der Waals surface area (Å²) >= 11 is 0. The van der Waals surface area contributed by atoms with E-state index in [4.69, 9.17) is 4.74 Å². The summed E-state index contributed by atoms with van der Waals surface area (Å²) in [5.74, 6) is 0.608. The molecule has 0 saturated carbocycles. The number of aromatic nitrogens is 5. The van der Waals surface area contributed by atoms with Crippen LogP contribution in [0.4, 0.5) is 0 Å². The zero-order chi connectivity index (χ0) is 19.3. The molecule has 1 amide bonds. The number of hydrogen-bond donors (Lipinski definition) is 1. The Bertz CT molecular complexity index is 1090. The zero-order valence-corrected chi connectivity index (χ0v) is 15.4. The normalized spacial score (nSPS) is 11.0. The summed E-state index contributed by atoms with van der Waals surface area (Å²) in [4.78, 5) is 20.7. The van der Waals surface area contributed by atoms with Crippen LogP contribution in [0.25, 0.3) is 22.5 Å². The molecule has 0 bridgehead atoms. The number of nitrogens with zero attached hydrogens (tertiary/aromatic N) is 5. The fourth-order valence-electron chi connectivity index (χ4n) is 3.04. The highest BCUT2D eigenvalue weighted by Crippen LogP contribution is 2.22. The molecule has 8 heteroatoms. The molecule has 0 aromatic carbocycles. The van der Waals surface area contributed by atoms with Crippen LogP contribution < -0.4 is 5.32 Å². The van der Waals surface area contributed by atoms with Crippen molar-refractivity contribution in [3.8, 4) is 16.9 Å². The summed E-state index contributed by atoms with van der Waals surface area (Å²) in [5.41, 5.74) is 3.37. The maximum absolute atomic E-state index is 12.6. The largest absolute Gasteiger partial charge is 0.385 e. The van der Waals surface area contributed by atoms with E-state index in [1.165, 1.54) is 6.33 Å². The van der Waals surface area contributed by atoms with Gasteiger partial charge in [0.2, 0.25) is 0 Å². The summed E-state index contributed by atoms with van der Waals surface area (Å²) in [6.07, 6.45) is 9.41. The van der Waals surface area contributed by atoms with E-state index in [0.717, 1.165) is 28.9 Å². The van der Waals surface area contributed by atoms with Crippen molar-refractivity contribution in [1.82, 2.24) is 29.5 Å². The van der Waals surface area contributed by atoms with Crippen LogP contribution >= 0.6 is 0 Å². The van der Waals surface area contributed by atoms with E-state index in [9.17, 15) is 4.79 Å². The number of hydrogen-bond acceptors (Lipinski definition) is 5. The molecular weight excluding hydrogens is 356 g/mol. The molecule has 4 aromatic heterocycles. The summed E-state index contributed by atoms with van der Waals surface area (Å²) in [5, 5.41) is 7.26. The molecule has 0 saturated heterocycles. The van der Waals surface area contributed by atoms with Gasteiger partial charge >= 0.3 is 0 Å². The van der Waals surface area contributed by atoms with E-state index in [2.05, 4.69) is 20.4 Å². The van der Waals surface area contributed by atoms with E-state index in [0.29, 0.717) is 18.8 Å². The minimum absolute atomic E-state index is 0.170. The summed E-state index contributed by atoms with van der Waals surface area (Å²) in [6, 6.07) is 9.67. The van der Waals surface area contributed by atoms with Gasteiger partial charge in [0.15, 0.2) is 0 Å². The number of amides is 1. The molecule has 0 spiro atoms. The quantitative estimate of drug-likeness (QED) is 0.501. The maximum Gasteiger partial charge on any atom is 0.270 e. The number of fused-ring (bicyclic) bond motifs is 1. The lowest BCUT2D eigenvalue weighted by Gasteiger charge is -2.10. The van der Waals surface area contributed by atoms with Crippen molar-refractivity contribution in [2.45, 2.75) is 6.42 Å². The van der Waals surface area contributed by atoms with Crippen LogP contribution in [0.1, 0.15) is 16.9 Å². The Morgan fingerprint density at radius 1 is 1.11 bits per heavy atom. The van der Waals surface area contributed by atoms with E-state index in [-0.39, 0.29) is 5.91 Å². The van der Waals surface area contributed by atoms with Gasteiger partial charge in [0.05, 0.1) is 6.20 Å². The van der Waals surface area contributed by atoms with Crippen LogP contribution in [0.3, 0.4) is 0 Å². The minimum atomic E-state index is -0.170. The number of nitrogens with one attached hydrogen (secondary N) is 1. The van der Waals surface area contributed by atoms with Gasteiger partial charge < -0.3 is 14.5 Å². The Hall–Kier alpha value is -3.52. The van der Waals surface area contributed by atoms with Crippen molar-refractivity contribution in [3.05, 3.63) is 67.1 Å². The average molecular weight is 376 g/mol. The van der Waals surface area contributed by atoms with Crippen LogP contribution in [0.5, 0.6) is 0 Å². The predicted molar refractivity (Wildman–Crippen MR) is 104 cm³/mol. The third-order valence-electron chi connectivity index (χ3n) is 4.43. The van der Waals surface area contributed by atoms with Gasteiger partial charge in [-0.3, -0.25) is 4.79 Å². The Labute approximate surface area is 161 Å². The first-order valence-corrected chi connectivity index (χ1v) is 8.96. The number of ether oxygens (including phenoxy) is 1. The molecule has 4 aromatic rings. The highest BCUT2D eigenvalue weighted by molar-refractivity contribution is 5.93. The van der Waals surface area contributed by atoms with Crippen molar-refractivity contribution >= 4 is 11.4 Å². The van der Waals surface area contributed by atoms with Crippen molar-refractivity contribution in [2.24, 2.45) is 0 Å². The number of methoxy groups -OCH3 is 1. The molecule has 0 fully saturated rings. The van der Waals surface area contributed by atoms with Gasteiger partial charge in [-0.25, -0.2) is 14.6 Å². The highest BCUT2D eigenvalue weighted by Gasteiger charge is 2.15. The first-order valence-electron chi connectivity index (χ1n) is 8.96. The van der Waals surface area contributed by atoms with E-state index in [1.807, 2.05) is 34.9 Å². The number of pyridine rings is 1. The van der Waals surface area contributed by atoms with E-state index < -0.39 is 0 Å². The van der Waals surface area contributed by atoms with Gasteiger partial charge in [0.1, 0.15) is 17.8 Å². The molecule has 8 nitrogen and oxygen atoms in total. The second-order valence-corrected chi connectivity index (χ2v) is 6.26. The van der Waals surface area contributed by atoms with E-state index in [1.54, 1.807) is 36.4 Å². The number of carbonyl (C=O) groups excluding carboxylic acids is 1. The van der Waals surface area contributed by atoms with Gasteiger partial charge in [-0.15, -0.1) is 0 Å². The SMILES string of the molecule is COCCCNC(=O)c1ccnn1-c1ccc2ccc(-c3cncnc3)cn12. The Morgan fingerprint density at radius 3 is 2.75 bits per heavy atom. The van der Waals surface area contributed by atoms with Gasteiger partial charge in [-0.1, -0.05) is 6.07 Å². The fourth-order valence-corrected chi connectivity index (χ4v) is 3.04. The summed E-state index contributed by atoms with van der Waals surface area (Å²) in [7, 11) is 1.64. The Kier molecular flexibility index (Phi) is 5.11. The minimum Gasteiger partial charge on any atom is -0.385 e. The average Bonchev–Trinajstić information content (AvgIpc) is 3.38.